The number of carboxylic acids is 1. The van der Waals surface area contributed by atoms with E-state index in [1.165, 1.54) is 11.8 Å². The first-order valence-corrected chi connectivity index (χ1v) is 8.75. The second-order valence-corrected chi connectivity index (χ2v) is 6.61. The summed E-state index contributed by atoms with van der Waals surface area (Å²) in [6.07, 6.45) is -4.36. The van der Waals surface area contributed by atoms with Crippen LogP contribution in [0.25, 0.3) is 0 Å². The molecule has 24 heavy (non-hydrogen) atoms. The molecule has 1 amide bonds. The lowest BCUT2D eigenvalue weighted by atomic mass is 10.0. The summed E-state index contributed by atoms with van der Waals surface area (Å²) in [5.41, 5.74) is -0.641. The van der Waals surface area contributed by atoms with Gasteiger partial charge in [-0.3, -0.25) is 9.59 Å². The molecule has 1 rings (SSSR count). The molecule has 1 saturated heterocycles. The van der Waals surface area contributed by atoms with E-state index in [2.05, 4.69) is 5.32 Å². The van der Waals surface area contributed by atoms with Crippen LogP contribution in [0, 0.1) is 0 Å². The van der Waals surface area contributed by atoms with Gasteiger partial charge in [-0.15, -0.1) is 11.8 Å². The lowest BCUT2D eigenvalue weighted by molar-refractivity contribution is -0.192. The third kappa shape index (κ3) is 7.32. The quantitative estimate of drug-likeness (QED) is 0.293. The van der Waals surface area contributed by atoms with E-state index in [4.69, 9.17) is 14.6 Å². The molecule has 5 atom stereocenters. The van der Waals surface area contributed by atoms with Crippen molar-refractivity contribution in [3.05, 3.63) is 0 Å². The van der Waals surface area contributed by atoms with Crippen LogP contribution in [0.4, 0.5) is 0 Å². The number of aliphatic hydroxyl groups is 3. The van der Waals surface area contributed by atoms with Crippen molar-refractivity contribution in [1.82, 2.24) is 5.32 Å². The lowest BCUT2D eigenvalue weighted by Crippen LogP contribution is -2.55. The minimum atomic E-state index is -1.24. The highest BCUT2D eigenvalue weighted by atomic mass is 32.2. The van der Waals surface area contributed by atoms with Crippen molar-refractivity contribution in [1.29, 1.82) is 0 Å². The van der Waals surface area contributed by atoms with Crippen molar-refractivity contribution in [3.8, 4) is 0 Å². The Hall–Kier alpha value is -0.910. The van der Waals surface area contributed by atoms with E-state index in [0.717, 1.165) is 0 Å². The molecule has 1 heterocycles. The molecule has 0 aliphatic carbocycles. The summed E-state index contributed by atoms with van der Waals surface area (Å²) in [6, 6.07) is 0. The predicted octanol–water partition coefficient (Wildman–Crippen LogP) is -1.46. The summed E-state index contributed by atoms with van der Waals surface area (Å²) in [4.78, 5) is 21.5. The summed E-state index contributed by atoms with van der Waals surface area (Å²) in [5, 5.41) is 40.1. The molecule has 0 radical (unpaired) electrons. The summed E-state index contributed by atoms with van der Waals surface area (Å²) < 4.78 is 10.7. The number of carbonyl (C=O) groups is 2. The van der Waals surface area contributed by atoms with Gasteiger partial charge < -0.3 is 35.2 Å². The van der Waals surface area contributed by atoms with Crippen molar-refractivity contribution in [2.45, 2.75) is 49.6 Å². The monoisotopic (exact) mass is 367 g/mol. The average molecular weight is 367 g/mol. The third-order valence-electron chi connectivity index (χ3n) is 3.45. The van der Waals surface area contributed by atoms with Crippen LogP contribution in [-0.4, -0.2) is 87.7 Å². The van der Waals surface area contributed by atoms with E-state index in [9.17, 15) is 24.9 Å². The molecular formula is C14H25NO8S. The maximum absolute atomic E-state index is 11.2. The Labute approximate surface area is 144 Å². The van der Waals surface area contributed by atoms with Gasteiger partial charge in [0, 0.05) is 18.7 Å². The number of carboxylic acid groups (broad SMARTS) is 1. The zero-order chi connectivity index (χ0) is 18.1. The Morgan fingerprint density at radius 3 is 2.50 bits per heavy atom. The Morgan fingerprint density at radius 2 is 1.83 bits per heavy atom. The van der Waals surface area contributed by atoms with Crippen molar-refractivity contribution in [2.75, 3.05) is 25.5 Å². The van der Waals surface area contributed by atoms with Gasteiger partial charge in [0.25, 0.3) is 0 Å². The first-order chi connectivity index (χ1) is 11.3. The molecule has 10 heteroatoms. The van der Waals surface area contributed by atoms with Gasteiger partial charge in [-0.2, -0.15) is 0 Å². The highest BCUT2D eigenvalue weighted by molar-refractivity contribution is 7.99. The number of rotatable bonds is 10. The Balaban J connectivity index is 2.06. The largest absolute Gasteiger partial charge is 0.481 e. The van der Waals surface area contributed by atoms with Crippen molar-refractivity contribution < 1.29 is 39.5 Å². The maximum Gasteiger partial charge on any atom is 0.303 e. The van der Waals surface area contributed by atoms with Gasteiger partial charge in [-0.1, -0.05) is 0 Å². The number of aliphatic hydroxyl groups excluding tert-OH is 3. The third-order valence-corrected chi connectivity index (χ3v) is 4.57. The van der Waals surface area contributed by atoms with Crippen LogP contribution < -0.4 is 5.32 Å². The smallest absolute Gasteiger partial charge is 0.303 e. The van der Waals surface area contributed by atoms with Crippen LogP contribution in [0.5, 0.6) is 0 Å². The summed E-state index contributed by atoms with van der Waals surface area (Å²) in [7, 11) is 0. The minimum Gasteiger partial charge on any atom is -0.481 e. The Kier molecular flexibility index (Phi) is 9.56. The number of ether oxygens (including phenoxy) is 2. The molecule has 9 nitrogen and oxygen atoms in total. The summed E-state index contributed by atoms with van der Waals surface area (Å²) in [6.45, 7) is 2.55. The number of amides is 1. The van der Waals surface area contributed by atoms with Crippen molar-refractivity contribution in [3.63, 3.8) is 0 Å². The molecular weight excluding hydrogens is 342 g/mol. The zero-order valence-electron chi connectivity index (χ0n) is 13.5. The summed E-state index contributed by atoms with van der Waals surface area (Å²) in [5.74, 6) is -0.849. The summed E-state index contributed by atoms with van der Waals surface area (Å²) >= 11 is 1.27. The van der Waals surface area contributed by atoms with E-state index in [-0.39, 0.29) is 31.9 Å². The van der Waals surface area contributed by atoms with E-state index < -0.39 is 35.8 Å². The molecule has 0 aromatic carbocycles. The van der Waals surface area contributed by atoms with Crippen LogP contribution >= 0.6 is 11.8 Å². The molecule has 0 aromatic heterocycles. The number of hydrogen-bond donors (Lipinski definition) is 5. The standard InChI is InChI=1S/C14H25NO8S/c1-8-11(19)12(20)13(21)14(23-8)24-7-6-22-5-4-15-9(16)2-3-10(17)18/h8,11-14,19-21H,2-7H2,1H3,(H,15,16)(H,17,18)/t8-,11-,12+,13+,14-/m0/s1. The Bertz CT molecular complexity index is 410. The highest BCUT2D eigenvalue weighted by Crippen LogP contribution is 2.28. The molecule has 0 aromatic rings. The molecule has 0 saturated carbocycles. The molecule has 1 fully saturated rings. The Morgan fingerprint density at radius 1 is 1.12 bits per heavy atom. The second-order valence-electron chi connectivity index (χ2n) is 5.41. The number of hydrogen-bond acceptors (Lipinski definition) is 8. The molecule has 1 aliphatic heterocycles. The molecule has 140 valence electrons. The molecule has 0 bridgehead atoms. The van der Waals surface area contributed by atoms with E-state index in [1.54, 1.807) is 6.92 Å². The van der Waals surface area contributed by atoms with Gasteiger partial charge in [0.15, 0.2) is 0 Å². The SMILES string of the molecule is C[C@@H]1O[C@@H](SCCOCCNC(=O)CCC(=O)O)[C@H](O)[C@H](O)[C@H]1O. The predicted molar refractivity (Wildman–Crippen MR) is 85.5 cm³/mol. The minimum absolute atomic E-state index is 0.0611. The topological polar surface area (TPSA) is 146 Å². The number of nitrogens with one attached hydrogen (secondary N) is 1. The first-order valence-electron chi connectivity index (χ1n) is 7.70. The maximum atomic E-state index is 11.2. The molecule has 1 aliphatic rings. The van der Waals surface area contributed by atoms with Gasteiger partial charge >= 0.3 is 5.97 Å². The first kappa shape index (κ1) is 21.1. The van der Waals surface area contributed by atoms with Crippen molar-refractivity contribution >= 4 is 23.6 Å². The van der Waals surface area contributed by atoms with Gasteiger partial charge in [0.2, 0.25) is 5.91 Å². The lowest BCUT2D eigenvalue weighted by Gasteiger charge is -2.38. The average Bonchev–Trinajstić information content (AvgIpc) is 2.54. The normalized spacial score (nSPS) is 30.1. The fourth-order valence-corrected chi connectivity index (χ4v) is 3.11. The fourth-order valence-electron chi connectivity index (χ4n) is 2.05. The van der Waals surface area contributed by atoms with Gasteiger partial charge in [0.1, 0.15) is 23.7 Å². The fraction of sp³-hybridized carbons (Fsp3) is 0.857. The van der Waals surface area contributed by atoms with E-state index >= 15 is 0 Å². The van der Waals surface area contributed by atoms with Crippen LogP contribution in [0.2, 0.25) is 0 Å². The number of carbonyl (C=O) groups excluding carboxylic acids is 1. The van der Waals surface area contributed by atoms with Crippen LogP contribution in [0.15, 0.2) is 0 Å². The molecule has 0 unspecified atom stereocenters. The van der Waals surface area contributed by atoms with Crippen LogP contribution in [0.1, 0.15) is 19.8 Å². The molecule has 5 N–H and O–H groups in total. The zero-order valence-corrected chi connectivity index (χ0v) is 14.3. The number of aliphatic carboxylic acids is 1. The van der Waals surface area contributed by atoms with Crippen molar-refractivity contribution in [2.24, 2.45) is 0 Å². The van der Waals surface area contributed by atoms with E-state index in [0.29, 0.717) is 12.4 Å². The highest BCUT2D eigenvalue weighted by Gasteiger charge is 2.41. The number of thioether (sulfide) groups is 1. The van der Waals surface area contributed by atoms with Crippen LogP contribution in [0.3, 0.4) is 0 Å². The van der Waals surface area contributed by atoms with Gasteiger partial charge in [0.05, 0.1) is 25.7 Å². The van der Waals surface area contributed by atoms with E-state index in [1.807, 2.05) is 0 Å². The van der Waals surface area contributed by atoms with Crippen LogP contribution in [-0.2, 0) is 19.1 Å². The van der Waals surface area contributed by atoms with Gasteiger partial charge in [-0.05, 0) is 6.92 Å². The van der Waals surface area contributed by atoms with Gasteiger partial charge in [-0.25, -0.2) is 0 Å². The molecule has 0 spiro atoms. The second kappa shape index (κ2) is 10.9.